The van der Waals surface area contributed by atoms with E-state index in [0.29, 0.717) is 45.4 Å². The lowest BCUT2D eigenvalue weighted by molar-refractivity contribution is -0.126. The summed E-state index contributed by atoms with van der Waals surface area (Å²) in [6.45, 7) is 1.92. The van der Waals surface area contributed by atoms with E-state index >= 15 is 0 Å². The minimum atomic E-state index is -0.272. The summed E-state index contributed by atoms with van der Waals surface area (Å²) in [5.41, 5.74) is 0.849. The van der Waals surface area contributed by atoms with Crippen molar-refractivity contribution in [1.29, 1.82) is 0 Å². The van der Waals surface area contributed by atoms with E-state index in [0.717, 1.165) is 11.3 Å². The first-order valence-corrected chi connectivity index (χ1v) is 9.19. The molecule has 1 aliphatic rings. The average Bonchev–Trinajstić information content (AvgIpc) is 3.20. The molecule has 1 fully saturated rings. The minimum Gasteiger partial charge on any atom is -0.467 e. The predicted molar refractivity (Wildman–Crippen MR) is 98.4 cm³/mol. The topological polar surface area (TPSA) is 74.6 Å². The molecule has 0 unspecified atom stereocenters. The maximum absolute atomic E-state index is 13.1. The molecular weight excluding hydrogens is 349 g/mol. The largest absolute Gasteiger partial charge is 0.467 e. The van der Waals surface area contributed by atoms with Gasteiger partial charge in [-0.3, -0.25) is 4.79 Å². The van der Waals surface area contributed by atoms with Crippen LogP contribution in [0.4, 0.5) is 9.18 Å². The van der Waals surface area contributed by atoms with Gasteiger partial charge >= 0.3 is 6.03 Å². The Bertz CT molecular complexity index is 756. The van der Waals surface area contributed by atoms with Gasteiger partial charge in [0, 0.05) is 25.6 Å². The second-order valence-corrected chi connectivity index (χ2v) is 6.67. The number of rotatable bonds is 6. The van der Waals surface area contributed by atoms with Crippen molar-refractivity contribution in [3.63, 3.8) is 0 Å². The lowest BCUT2D eigenvalue weighted by atomic mass is 9.96. The molecule has 27 heavy (non-hydrogen) atoms. The van der Waals surface area contributed by atoms with Crippen molar-refractivity contribution in [3.05, 3.63) is 59.8 Å². The molecule has 3 amide bonds. The van der Waals surface area contributed by atoms with Gasteiger partial charge in [-0.25, -0.2) is 9.18 Å². The molecule has 144 valence electrons. The molecule has 0 spiro atoms. The van der Waals surface area contributed by atoms with Gasteiger partial charge < -0.3 is 20.0 Å². The third kappa shape index (κ3) is 5.57. The molecular formula is C20H24FN3O3. The van der Waals surface area contributed by atoms with E-state index in [-0.39, 0.29) is 23.7 Å². The Morgan fingerprint density at radius 2 is 1.96 bits per heavy atom. The Hall–Kier alpha value is -2.83. The van der Waals surface area contributed by atoms with Crippen LogP contribution in [-0.4, -0.2) is 36.5 Å². The van der Waals surface area contributed by atoms with E-state index in [1.54, 1.807) is 23.3 Å². The van der Waals surface area contributed by atoms with Gasteiger partial charge in [-0.05, 0) is 49.1 Å². The van der Waals surface area contributed by atoms with Gasteiger partial charge in [-0.2, -0.15) is 0 Å². The highest BCUT2D eigenvalue weighted by atomic mass is 19.1. The molecule has 0 radical (unpaired) electrons. The molecule has 2 N–H and O–H groups in total. The van der Waals surface area contributed by atoms with Gasteiger partial charge in [0.15, 0.2) is 0 Å². The van der Waals surface area contributed by atoms with Crippen LogP contribution in [0, 0.1) is 11.7 Å². The van der Waals surface area contributed by atoms with Crippen molar-refractivity contribution in [2.45, 2.75) is 25.8 Å². The summed E-state index contributed by atoms with van der Waals surface area (Å²) in [6, 6.07) is 9.83. The SMILES string of the molecule is O=C(NCc1ccco1)C1CCN(C(=O)NCCc2cccc(F)c2)CC1. The third-order valence-corrected chi connectivity index (χ3v) is 4.75. The van der Waals surface area contributed by atoms with Crippen molar-refractivity contribution >= 4 is 11.9 Å². The van der Waals surface area contributed by atoms with Crippen molar-refractivity contribution < 1.29 is 18.4 Å². The lowest BCUT2D eigenvalue weighted by Gasteiger charge is -2.31. The summed E-state index contributed by atoms with van der Waals surface area (Å²) < 4.78 is 18.3. The zero-order valence-electron chi connectivity index (χ0n) is 15.1. The second-order valence-electron chi connectivity index (χ2n) is 6.67. The van der Waals surface area contributed by atoms with Gasteiger partial charge in [0.2, 0.25) is 5.91 Å². The van der Waals surface area contributed by atoms with Gasteiger partial charge in [0.25, 0.3) is 0 Å². The van der Waals surface area contributed by atoms with Crippen molar-refractivity contribution in [1.82, 2.24) is 15.5 Å². The Kier molecular flexibility index (Phi) is 6.46. The number of carbonyl (C=O) groups is 2. The molecule has 2 aromatic rings. The highest BCUT2D eigenvalue weighted by molar-refractivity contribution is 5.79. The van der Waals surface area contributed by atoms with Crippen LogP contribution in [0.2, 0.25) is 0 Å². The maximum Gasteiger partial charge on any atom is 0.317 e. The van der Waals surface area contributed by atoms with Crippen LogP contribution in [0.1, 0.15) is 24.2 Å². The zero-order valence-corrected chi connectivity index (χ0v) is 15.1. The highest BCUT2D eigenvalue weighted by Crippen LogP contribution is 2.17. The normalized spacial score (nSPS) is 14.8. The van der Waals surface area contributed by atoms with E-state index in [4.69, 9.17) is 4.42 Å². The van der Waals surface area contributed by atoms with Crippen LogP contribution in [0.15, 0.2) is 47.1 Å². The quantitative estimate of drug-likeness (QED) is 0.818. The van der Waals surface area contributed by atoms with Crippen LogP contribution in [-0.2, 0) is 17.8 Å². The molecule has 6 nitrogen and oxygen atoms in total. The van der Waals surface area contributed by atoms with Gasteiger partial charge in [-0.1, -0.05) is 12.1 Å². The second kappa shape index (κ2) is 9.21. The fourth-order valence-electron chi connectivity index (χ4n) is 3.19. The third-order valence-electron chi connectivity index (χ3n) is 4.75. The Morgan fingerprint density at radius 1 is 1.15 bits per heavy atom. The van der Waals surface area contributed by atoms with Crippen LogP contribution in [0.3, 0.4) is 0 Å². The van der Waals surface area contributed by atoms with Gasteiger partial charge in [0.05, 0.1) is 12.8 Å². The number of benzene rings is 1. The molecule has 1 saturated heterocycles. The minimum absolute atomic E-state index is 0.00226. The maximum atomic E-state index is 13.1. The first-order valence-electron chi connectivity index (χ1n) is 9.19. The van der Waals surface area contributed by atoms with Gasteiger partial charge in [0.1, 0.15) is 11.6 Å². The van der Waals surface area contributed by atoms with E-state index in [1.807, 2.05) is 12.1 Å². The molecule has 1 aromatic carbocycles. The standard InChI is InChI=1S/C20H24FN3O3/c21-17-4-1-3-15(13-17)6-9-22-20(26)24-10-7-16(8-11-24)19(25)23-14-18-5-2-12-27-18/h1-5,12-13,16H,6-11,14H2,(H,22,26)(H,23,25). The summed E-state index contributed by atoms with van der Waals surface area (Å²) >= 11 is 0. The molecule has 0 aliphatic carbocycles. The first kappa shape index (κ1) is 18.9. The number of halogens is 1. The molecule has 1 aromatic heterocycles. The number of piperidine rings is 1. The molecule has 2 heterocycles. The molecule has 0 atom stereocenters. The molecule has 0 bridgehead atoms. The van der Waals surface area contributed by atoms with Crippen LogP contribution in [0.25, 0.3) is 0 Å². The number of urea groups is 1. The average molecular weight is 373 g/mol. The number of hydrogen-bond donors (Lipinski definition) is 2. The Balaban J connectivity index is 1.35. The summed E-state index contributed by atoms with van der Waals surface area (Å²) in [4.78, 5) is 26.2. The summed E-state index contributed by atoms with van der Waals surface area (Å²) in [6.07, 6.45) is 3.44. The smallest absolute Gasteiger partial charge is 0.317 e. The first-order chi connectivity index (χ1) is 13.1. The Labute approximate surface area is 157 Å². The summed E-state index contributed by atoms with van der Waals surface area (Å²) in [7, 11) is 0. The summed E-state index contributed by atoms with van der Waals surface area (Å²) in [5.74, 6) is 0.360. The van der Waals surface area contributed by atoms with Crippen molar-refractivity contribution in [2.24, 2.45) is 5.92 Å². The van der Waals surface area contributed by atoms with E-state index in [1.165, 1.54) is 12.1 Å². The van der Waals surface area contributed by atoms with Crippen LogP contribution < -0.4 is 10.6 Å². The van der Waals surface area contributed by atoms with Crippen LogP contribution >= 0.6 is 0 Å². The van der Waals surface area contributed by atoms with E-state index in [9.17, 15) is 14.0 Å². The monoisotopic (exact) mass is 373 g/mol. The van der Waals surface area contributed by atoms with Gasteiger partial charge in [-0.15, -0.1) is 0 Å². The van der Waals surface area contributed by atoms with Crippen molar-refractivity contribution in [2.75, 3.05) is 19.6 Å². The number of carbonyl (C=O) groups excluding carboxylic acids is 2. The van der Waals surface area contributed by atoms with Crippen LogP contribution in [0.5, 0.6) is 0 Å². The number of furan rings is 1. The number of nitrogens with one attached hydrogen (secondary N) is 2. The molecule has 0 saturated carbocycles. The van der Waals surface area contributed by atoms with E-state index in [2.05, 4.69) is 10.6 Å². The number of likely N-dealkylation sites (tertiary alicyclic amines) is 1. The summed E-state index contributed by atoms with van der Waals surface area (Å²) in [5, 5.41) is 5.73. The lowest BCUT2D eigenvalue weighted by Crippen LogP contribution is -2.47. The predicted octanol–water partition coefficient (Wildman–Crippen LogP) is 2.70. The molecule has 1 aliphatic heterocycles. The molecule has 3 rings (SSSR count). The number of hydrogen-bond acceptors (Lipinski definition) is 3. The Morgan fingerprint density at radius 3 is 2.67 bits per heavy atom. The number of amides is 3. The molecule has 7 heteroatoms. The fraction of sp³-hybridized carbons (Fsp3) is 0.400. The zero-order chi connectivity index (χ0) is 19.1. The fourth-order valence-corrected chi connectivity index (χ4v) is 3.19. The number of nitrogens with zero attached hydrogens (tertiary/aromatic N) is 1. The van der Waals surface area contributed by atoms with Crippen molar-refractivity contribution in [3.8, 4) is 0 Å². The highest BCUT2D eigenvalue weighted by Gasteiger charge is 2.27. The van der Waals surface area contributed by atoms with E-state index < -0.39 is 0 Å².